The van der Waals surface area contributed by atoms with Crippen molar-refractivity contribution in [1.82, 2.24) is 0 Å². The Morgan fingerprint density at radius 2 is 0.857 bits per heavy atom. The number of rotatable bonds is 20. The van der Waals surface area contributed by atoms with Gasteiger partial charge in [-0.1, -0.05) is 90.9 Å². The number of aliphatic hydroxyl groups is 3. The number of unbranched alkanes of at least 4 members (excludes halogenated alkanes) is 10. The molecule has 0 radical (unpaired) electrons. The standard InChI is InChI=1S/C23H46F2O3/c1-3-5-7-9-11-13-15-20(24)22(27)17-19(26)18-23(28)21(25)16-14-12-10-8-6-4-2/h19-23,26-28H,3-18H2,1-2H3/t19?,20-,21?,22?,23+/m0/s1. The molecule has 0 spiro atoms. The minimum Gasteiger partial charge on any atom is -0.393 e. The molecule has 3 N–H and O–H groups in total. The highest BCUT2D eigenvalue weighted by molar-refractivity contribution is 4.77. The van der Waals surface area contributed by atoms with Crippen LogP contribution in [0.5, 0.6) is 0 Å². The molecule has 0 saturated heterocycles. The lowest BCUT2D eigenvalue weighted by molar-refractivity contribution is -0.0126. The van der Waals surface area contributed by atoms with Crippen molar-refractivity contribution in [2.45, 2.75) is 147 Å². The van der Waals surface area contributed by atoms with E-state index in [1.165, 1.54) is 25.7 Å². The molecule has 0 aromatic heterocycles. The zero-order chi connectivity index (χ0) is 21.2. The highest BCUT2D eigenvalue weighted by atomic mass is 19.1. The summed E-state index contributed by atoms with van der Waals surface area (Å²) in [6.45, 7) is 4.30. The largest absolute Gasteiger partial charge is 0.393 e. The third kappa shape index (κ3) is 15.6. The molecule has 0 bridgehead atoms. The molecule has 0 aliphatic rings. The highest BCUT2D eigenvalue weighted by Gasteiger charge is 2.26. The van der Waals surface area contributed by atoms with E-state index in [2.05, 4.69) is 13.8 Å². The van der Waals surface area contributed by atoms with Crippen molar-refractivity contribution in [3.05, 3.63) is 0 Å². The maximum absolute atomic E-state index is 14.0. The normalized spacial score (nSPS) is 17.2. The first-order valence-electron chi connectivity index (χ1n) is 11.7. The van der Waals surface area contributed by atoms with Crippen LogP contribution < -0.4 is 0 Å². The molecule has 3 unspecified atom stereocenters. The summed E-state index contributed by atoms with van der Waals surface area (Å²) in [7, 11) is 0. The Hall–Kier alpha value is -0.260. The summed E-state index contributed by atoms with van der Waals surface area (Å²) in [6.07, 6.45) is 6.52. The first-order valence-corrected chi connectivity index (χ1v) is 11.7. The van der Waals surface area contributed by atoms with Crippen LogP contribution in [0.1, 0.15) is 117 Å². The molecule has 0 fully saturated rings. The van der Waals surface area contributed by atoms with Crippen LogP contribution >= 0.6 is 0 Å². The predicted molar refractivity (Wildman–Crippen MR) is 113 cm³/mol. The number of aliphatic hydroxyl groups excluding tert-OH is 3. The van der Waals surface area contributed by atoms with Crippen LogP contribution in [0.25, 0.3) is 0 Å². The fourth-order valence-corrected chi connectivity index (χ4v) is 3.57. The Kier molecular flexibility index (Phi) is 18.6. The van der Waals surface area contributed by atoms with Gasteiger partial charge in [-0.3, -0.25) is 0 Å². The van der Waals surface area contributed by atoms with E-state index in [4.69, 9.17) is 0 Å². The van der Waals surface area contributed by atoms with Crippen LogP contribution in [0.3, 0.4) is 0 Å². The van der Waals surface area contributed by atoms with E-state index in [0.717, 1.165) is 51.4 Å². The van der Waals surface area contributed by atoms with Gasteiger partial charge in [-0.05, 0) is 12.8 Å². The fraction of sp³-hybridized carbons (Fsp3) is 1.00. The van der Waals surface area contributed by atoms with Crippen molar-refractivity contribution in [1.29, 1.82) is 0 Å². The summed E-state index contributed by atoms with van der Waals surface area (Å²) in [5, 5.41) is 29.8. The second-order valence-electron chi connectivity index (χ2n) is 8.40. The van der Waals surface area contributed by atoms with Gasteiger partial charge >= 0.3 is 0 Å². The van der Waals surface area contributed by atoms with Gasteiger partial charge in [-0.25, -0.2) is 8.78 Å². The lowest BCUT2D eigenvalue weighted by Crippen LogP contribution is -2.32. The zero-order valence-corrected chi connectivity index (χ0v) is 18.3. The summed E-state index contributed by atoms with van der Waals surface area (Å²) in [6, 6.07) is 0. The molecule has 0 saturated carbocycles. The average Bonchev–Trinajstić information content (AvgIpc) is 2.66. The Balaban J connectivity index is 3.85. The summed E-state index contributed by atoms with van der Waals surface area (Å²) in [4.78, 5) is 0. The van der Waals surface area contributed by atoms with Crippen molar-refractivity contribution in [3.8, 4) is 0 Å². The van der Waals surface area contributed by atoms with Crippen LogP contribution in [0.15, 0.2) is 0 Å². The number of halogens is 2. The summed E-state index contributed by atoms with van der Waals surface area (Å²) < 4.78 is 28.0. The smallest absolute Gasteiger partial charge is 0.126 e. The van der Waals surface area contributed by atoms with E-state index in [1.54, 1.807) is 0 Å². The Labute approximate surface area is 171 Å². The average molecular weight is 409 g/mol. The number of hydrogen-bond acceptors (Lipinski definition) is 3. The van der Waals surface area contributed by atoms with Gasteiger partial charge in [0.1, 0.15) is 12.3 Å². The maximum Gasteiger partial charge on any atom is 0.126 e. The summed E-state index contributed by atoms with van der Waals surface area (Å²) >= 11 is 0. The third-order valence-electron chi connectivity index (χ3n) is 5.53. The fourth-order valence-electron chi connectivity index (χ4n) is 3.57. The summed E-state index contributed by atoms with van der Waals surface area (Å²) in [5.74, 6) is 0. The molecular weight excluding hydrogens is 362 g/mol. The van der Waals surface area contributed by atoms with Crippen LogP contribution in [-0.2, 0) is 0 Å². The SMILES string of the molecule is CCCCCCCCC(F)[C@H](O)CC(O)CC(O)[C@@H](F)CCCCCCCC. The first kappa shape index (κ1) is 27.7. The van der Waals surface area contributed by atoms with E-state index in [-0.39, 0.29) is 25.7 Å². The molecule has 28 heavy (non-hydrogen) atoms. The minimum atomic E-state index is -1.37. The van der Waals surface area contributed by atoms with Gasteiger partial charge in [-0.2, -0.15) is 0 Å². The molecule has 0 heterocycles. The number of alkyl halides is 2. The third-order valence-corrected chi connectivity index (χ3v) is 5.53. The Morgan fingerprint density at radius 1 is 0.536 bits per heavy atom. The molecule has 0 aromatic carbocycles. The second-order valence-corrected chi connectivity index (χ2v) is 8.40. The van der Waals surface area contributed by atoms with Crippen molar-refractivity contribution in [3.63, 3.8) is 0 Å². The molecular formula is C23H46F2O3. The van der Waals surface area contributed by atoms with Crippen LogP contribution in [0, 0.1) is 0 Å². The summed E-state index contributed by atoms with van der Waals surface area (Å²) in [5.41, 5.74) is 0. The van der Waals surface area contributed by atoms with Gasteiger partial charge in [-0.15, -0.1) is 0 Å². The Bertz CT molecular complexity index is 301. The van der Waals surface area contributed by atoms with Crippen LogP contribution in [-0.4, -0.2) is 46.0 Å². The van der Waals surface area contributed by atoms with Gasteiger partial charge < -0.3 is 15.3 Å². The van der Waals surface area contributed by atoms with Gasteiger partial charge in [0.25, 0.3) is 0 Å². The zero-order valence-electron chi connectivity index (χ0n) is 18.3. The van der Waals surface area contributed by atoms with Gasteiger partial charge in [0.15, 0.2) is 0 Å². The van der Waals surface area contributed by atoms with E-state index in [9.17, 15) is 24.1 Å². The second kappa shape index (κ2) is 18.7. The monoisotopic (exact) mass is 408 g/mol. The highest BCUT2D eigenvalue weighted by Crippen LogP contribution is 2.20. The van der Waals surface area contributed by atoms with E-state index >= 15 is 0 Å². The lowest BCUT2D eigenvalue weighted by Gasteiger charge is -2.22. The molecule has 5 heteroatoms. The molecule has 0 amide bonds. The van der Waals surface area contributed by atoms with E-state index < -0.39 is 30.7 Å². The Morgan fingerprint density at radius 3 is 1.21 bits per heavy atom. The van der Waals surface area contributed by atoms with E-state index in [1.807, 2.05) is 0 Å². The van der Waals surface area contributed by atoms with Crippen molar-refractivity contribution >= 4 is 0 Å². The van der Waals surface area contributed by atoms with Crippen LogP contribution in [0.4, 0.5) is 8.78 Å². The molecule has 0 aliphatic carbocycles. The predicted octanol–water partition coefficient (Wildman–Crippen LogP) is 6.03. The lowest BCUT2D eigenvalue weighted by atomic mass is 9.96. The van der Waals surface area contributed by atoms with Crippen molar-refractivity contribution < 1.29 is 24.1 Å². The molecule has 0 rings (SSSR count). The van der Waals surface area contributed by atoms with Gasteiger partial charge in [0.05, 0.1) is 18.3 Å². The molecule has 3 nitrogen and oxygen atoms in total. The van der Waals surface area contributed by atoms with Crippen LogP contribution in [0.2, 0.25) is 0 Å². The molecule has 0 aliphatic heterocycles. The van der Waals surface area contributed by atoms with Gasteiger partial charge in [0.2, 0.25) is 0 Å². The van der Waals surface area contributed by atoms with E-state index in [0.29, 0.717) is 0 Å². The quantitative estimate of drug-likeness (QED) is 0.216. The first-order chi connectivity index (χ1) is 13.4. The maximum atomic E-state index is 14.0. The van der Waals surface area contributed by atoms with Crippen molar-refractivity contribution in [2.24, 2.45) is 0 Å². The number of hydrogen-bond donors (Lipinski definition) is 3. The molecule has 170 valence electrons. The topological polar surface area (TPSA) is 60.7 Å². The molecule has 0 aromatic rings. The van der Waals surface area contributed by atoms with Crippen molar-refractivity contribution in [2.75, 3.05) is 0 Å². The molecule has 5 atom stereocenters. The van der Waals surface area contributed by atoms with Gasteiger partial charge in [0, 0.05) is 12.8 Å². The minimum absolute atomic E-state index is 0.155.